The maximum Gasteiger partial charge on any atom is 0.164 e. The third-order valence-corrected chi connectivity index (χ3v) is 3.21. The van der Waals surface area contributed by atoms with Crippen LogP contribution in [0.15, 0.2) is 54.6 Å². The van der Waals surface area contributed by atoms with E-state index in [0.29, 0.717) is 18.5 Å². The van der Waals surface area contributed by atoms with Gasteiger partial charge >= 0.3 is 0 Å². The molecule has 0 fully saturated rings. The van der Waals surface area contributed by atoms with E-state index in [9.17, 15) is 4.79 Å². The number of nitrogens with zero attached hydrogens (tertiary/aromatic N) is 2. The molecule has 0 bridgehead atoms. The topological polar surface area (TPSA) is 44.1 Å². The predicted molar refractivity (Wildman–Crippen MR) is 79.8 cm³/mol. The van der Waals surface area contributed by atoms with Gasteiger partial charge < -0.3 is 4.90 Å². The van der Waals surface area contributed by atoms with Crippen LogP contribution in [0.25, 0.3) is 0 Å². The van der Waals surface area contributed by atoms with Gasteiger partial charge in [0.15, 0.2) is 5.78 Å². The highest BCUT2D eigenvalue weighted by atomic mass is 16.1. The van der Waals surface area contributed by atoms with Crippen LogP contribution in [0, 0.1) is 11.3 Å². The molecule has 0 N–H and O–H groups in total. The Balaban J connectivity index is 1.93. The van der Waals surface area contributed by atoms with E-state index in [0.717, 1.165) is 11.3 Å². The first-order chi connectivity index (χ1) is 9.70. The van der Waals surface area contributed by atoms with E-state index in [1.807, 2.05) is 54.4 Å². The Morgan fingerprint density at radius 3 is 2.35 bits per heavy atom. The fourth-order valence-corrected chi connectivity index (χ4v) is 1.96. The molecule has 0 aliphatic carbocycles. The number of carbonyl (C=O) groups is 1. The summed E-state index contributed by atoms with van der Waals surface area (Å²) in [4.78, 5) is 14.0. The molecule has 2 aromatic carbocycles. The van der Waals surface area contributed by atoms with E-state index >= 15 is 0 Å². The molecular weight excluding hydrogens is 248 g/mol. The second kappa shape index (κ2) is 6.53. The molecule has 0 saturated carbocycles. The molecule has 0 aromatic heterocycles. The van der Waals surface area contributed by atoms with Crippen molar-refractivity contribution in [2.45, 2.75) is 6.42 Å². The SMILES string of the molecule is CN(CCC(=O)c1ccccc1)c1ccc(C#N)cc1. The molecule has 2 rings (SSSR count). The number of benzene rings is 2. The summed E-state index contributed by atoms with van der Waals surface area (Å²) in [7, 11) is 1.94. The Morgan fingerprint density at radius 2 is 1.75 bits per heavy atom. The normalized spacial score (nSPS) is 9.80. The van der Waals surface area contributed by atoms with Crippen LogP contribution in [0.3, 0.4) is 0 Å². The van der Waals surface area contributed by atoms with Crippen LogP contribution in [-0.2, 0) is 0 Å². The minimum absolute atomic E-state index is 0.145. The van der Waals surface area contributed by atoms with Crippen LogP contribution in [0.2, 0.25) is 0 Å². The highest BCUT2D eigenvalue weighted by molar-refractivity contribution is 5.96. The second-order valence-corrected chi connectivity index (χ2v) is 4.62. The lowest BCUT2D eigenvalue weighted by Gasteiger charge is -2.18. The quantitative estimate of drug-likeness (QED) is 0.778. The van der Waals surface area contributed by atoms with Crippen LogP contribution >= 0.6 is 0 Å². The van der Waals surface area contributed by atoms with E-state index in [1.165, 1.54) is 0 Å². The fraction of sp³-hybridized carbons (Fsp3) is 0.176. The molecule has 3 nitrogen and oxygen atoms in total. The molecule has 0 radical (unpaired) electrons. The van der Waals surface area contributed by atoms with Crippen LogP contribution in [0.5, 0.6) is 0 Å². The summed E-state index contributed by atoms with van der Waals surface area (Å²) in [5.41, 5.74) is 2.40. The third kappa shape index (κ3) is 3.46. The number of nitriles is 1. The number of hydrogen-bond donors (Lipinski definition) is 0. The van der Waals surface area contributed by atoms with Crippen molar-refractivity contribution in [1.29, 1.82) is 5.26 Å². The maximum atomic E-state index is 12.0. The number of hydrogen-bond acceptors (Lipinski definition) is 3. The molecule has 3 heteroatoms. The van der Waals surface area contributed by atoms with Gasteiger partial charge in [-0.3, -0.25) is 4.79 Å². The zero-order valence-electron chi connectivity index (χ0n) is 11.4. The van der Waals surface area contributed by atoms with Gasteiger partial charge in [0.2, 0.25) is 0 Å². The first-order valence-corrected chi connectivity index (χ1v) is 6.50. The van der Waals surface area contributed by atoms with E-state index in [-0.39, 0.29) is 5.78 Å². The Bertz CT molecular complexity index is 612. The van der Waals surface area contributed by atoms with Crippen molar-refractivity contribution in [2.24, 2.45) is 0 Å². The average Bonchev–Trinajstić information content (AvgIpc) is 2.53. The number of Topliss-reactive ketones (excluding diaryl/α,β-unsaturated/α-hetero) is 1. The summed E-state index contributed by atoms with van der Waals surface area (Å²) < 4.78 is 0. The molecule has 2 aromatic rings. The van der Waals surface area contributed by atoms with Crippen molar-refractivity contribution >= 4 is 11.5 Å². The summed E-state index contributed by atoms with van der Waals surface area (Å²) in [6, 6.07) is 18.8. The molecule has 0 spiro atoms. The van der Waals surface area contributed by atoms with Gasteiger partial charge in [-0.1, -0.05) is 30.3 Å². The summed E-state index contributed by atoms with van der Waals surface area (Å²) >= 11 is 0. The molecular formula is C17H16N2O. The number of rotatable bonds is 5. The molecule has 100 valence electrons. The lowest BCUT2D eigenvalue weighted by Crippen LogP contribution is -2.21. The van der Waals surface area contributed by atoms with Crippen LogP contribution < -0.4 is 4.90 Å². The van der Waals surface area contributed by atoms with Crippen molar-refractivity contribution in [2.75, 3.05) is 18.5 Å². The first kappa shape index (κ1) is 13.8. The smallest absolute Gasteiger partial charge is 0.164 e. The first-order valence-electron chi connectivity index (χ1n) is 6.50. The second-order valence-electron chi connectivity index (χ2n) is 4.62. The third-order valence-electron chi connectivity index (χ3n) is 3.21. The van der Waals surface area contributed by atoms with E-state index < -0.39 is 0 Å². The van der Waals surface area contributed by atoms with Crippen molar-refractivity contribution in [3.63, 3.8) is 0 Å². The number of ketones is 1. The Morgan fingerprint density at radius 1 is 1.10 bits per heavy atom. The van der Waals surface area contributed by atoms with Gasteiger partial charge in [0, 0.05) is 31.3 Å². The highest BCUT2D eigenvalue weighted by Gasteiger charge is 2.07. The average molecular weight is 264 g/mol. The largest absolute Gasteiger partial charge is 0.374 e. The summed E-state index contributed by atoms with van der Waals surface area (Å²) in [5.74, 6) is 0.145. The molecule has 0 heterocycles. The highest BCUT2D eigenvalue weighted by Crippen LogP contribution is 2.14. The molecule has 0 saturated heterocycles. The van der Waals surface area contributed by atoms with Gasteiger partial charge in [0.05, 0.1) is 11.6 Å². The van der Waals surface area contributed by atoms with Gasteiger partial charge in [-0.05, 0) is 24.3 Å². The van der Waals surface area contributed by atoms with Crippen molar-refractivity contribution in [3.05, 3.63) is 65.7 Å². The minimum Gasteiger partial charge on any atom is -0.374 e. The number of carbonyl (C=O) groups excluding carboxylic acids is 1. The van der Waals surface area contributed by atoms with Gasteiger partial charge in [-0.25, -0.2) is 0 Å². The van der Waals surface area contributed by atoms with Crippen molar-refractivity contribution in [1.82, 2.24) is 0 Å². The molecule has 20 heavy (non-hydrogen) atoms. The van der Waals surface area contributed by atoms with Crippen LogP contribution in [0.4, 0.5) is 5.69 Å². The van der Waals surface area contributed by atoms with Gasteiger partial charge in [-0.15, -0.1) is 0 Å². The standard InChI is InChI=1S/C17H16N2O/c1-19(16-9-7-14(13-18)8-10-16)12-11-17(20)15-5-3-2-4-6-15/h2-10H,11-12H2,1H3. The lowest BCUT2D eigenvalue weighted by atomic mass is 10.1. The van der Waals surface area contributed by atoms with Crippen LogP contribution in [0.1, 0.15) is 22.3 Å². The Hall–Kier alpha value is -2.60. The molecule has 0 aliphatic rings. The minimum atomic E-state index is 0.145. The zero-order valence-corrected chi connectivity index (χ0v) is 11.4. The monoisotopic (exact) mass is 264 g/mol. The van der Waals surface area contributed by atoms with Crippen molar-refractivity contribution in [3.8, 4) is 6.07 Å². The zero-order chi connectivity index (χ0) is 14.4. The molecule has 0 amide bonds. The number of anilines is 1. The predicted octanol–water partition coefficient (Wildman–Crippen LogP) is 3.27. The Labute approximate surface area is 119 Å². The molecule has 0 aliphatic heterocycles. The lowest BCUT2D eigenvalue weighted by molar-refractivity contribution is 0.0985. The Kier molecular flexibility index (Phi) is 4.52. The van der Waals surface area contributed by atoms with Crippen LogP contribution in [-0.4, -0.2) is 19.4 Å². The molecule has 0 atom stereocenters. The van der Waals surface area contributed by atoms with E-state index in [1.54, 1.807) is 12.1 Å². The summed E-state index contributed by atoms with van der Waals surface area (Å²) in [6.07, 6.45) is 0.473. The molecule has 0 unspecified atom stereocenters. The van der Waals surface area contributed by atoms with Crippen molar-refractivity contribution < 1.29 is 4.79 Å². The summed E-state index contributed by atoms with van der Waals surface area (Å²) in [6.45, 7) is 0.652. The van der Waals surface area contributed by atoms with Gasteiger partial charge in [0.1, 0.15) is 0 Å². The maximum absolute atomic E-state index is 12.0. The summed E-state index contributed by atoms with van der Waals surface area (Å²) in [5, 5.41) is 8.76. The fourth-order valence-electron chi connectivity index (χ4n) is 1.96. The van der Waals surface area contributed by atoms with Gasteiger partial charge in [0.25, 0.3) is 0 Å². The van der Waals surface area contributed by atoms with E-state index in [4.69, 9.17) is 5.26 Å². The van der Waals surface area contributed by atoms with Gasteiger partial charge in [-0.2, -0.15) is 5.26 Å². The van der Waals surface area contributed by atoms with E-state index in [2.05, 4.69) is 6.07 Å².